The normalized spacial score (nSPS) is 12.1. The van der Waals surface area contributed by atoms with E-state index in [1.165, 1.54) is 130 Å². The summed E-state index contributed by atoms with van der Waals surface area (Å²) in [5.74, 6) is 0. The molecule has 0 bridgehead atoms. The lowest BCUT2D eigenvalue weighted by molar-refractivity contribution is 1.29. The Hall–Kier alpha value is -9.04. The van der Waals surface area contributed by atoms with Crippen molar-refractivity contribution in [3.05, 3.63) is 249 Å². The van der Waals surface area contributed by atoms with E-state index in [0.29, 0.717) is 0 Å². The van der Waals surface area contributed by atoms with Crippen molar-refractivity contribution in [2.75, 3.05) is 4.90 Å². The van der Waals surface area contributed by atoms with Gasteiger partial charge < -0.3 is 4.90 Å². The topological polar surface area (TPSA) is 3.24 Å². The van der Waals surface area contributed by atoms with Gasteiger partial charge in [-0.15, -0.1) is 0 Å². The first kappa shape index (κ1) is 38.1. The molecule has 0 saturated carbocycles. The third-order valence-electron chi connectivity index (χ3n) is 15.1. The number of hydrogen-bond acceptors (Lipinski definition) is 1. The third-order valence-corrected chi connectivity index (χ3v) is 15.1. The van der Waals surface area contributed by atoms with Gasteiger partial charge >= 0.3 is 0 Å². The lowest BCUT2D eigenvalue weighted by atomic mass is 9.87. The van der Waals surface area contributed by atoms with E-state index in [4.69, 9.17) is 0 Å². The lowest BCUT2D eigenvalue weighted by Crippen LogP contribution is -2.10. The molecule has 15 aromatic carbocycles. The molecule has 69 heavy (non-hydrogen) atoms. The molecule has 0 unspecified atom stereocenters. The quantitative estimate of drug-likeness (QED) is 0.156. The largest absolute Gasteiger partial charge is 0.310 e. The molecule has 0 fully saturated rings. The van der Waals surface area contributed by atoms with Crippen LogP contribution in [-0.4, -0.2) is 0 Å². The van der Waals surface area contributed by atoms with Gasteiger partial charge in [-0.05, 0) is 179 Å². The zero-order chi connectivity index (χ0) is 45.2. The first-order chi connectivity index (χ1) is 34.2. The van der Waals surface area contributed by atoms with Crippen molar-refractivity contribution >= 4 is 125 Å². The third kappa shape index (κ3) is 5.71. The molecule has 0 aliphatic carbocycles. The Kier molecular flexibility index (Phi) is 8.13. The maximum Gasteiger partial charge on any atom is 0.0474 e. The second-order valence-corrected chi connectivity index (χ2v) is 18.7. The standard InChI is InChI=1S/C68H41N/c1-3-17-53-47(12-1)39-62(57-21-7-5-19-55(53)57)42-30-34-50(35-31-42)69(51-36-32-43(33-37-51)63-40-48-13-2-4-18-54(48)56-20-6-8-22-58(56)63)52-38-49-29-28-46-15-10-24-60-59-23-9-14-44-26-27-45-16-11-25-61(67(45)65(44)59)64(41-52)68(49)66(46)60/h1-41H. The molecular weight excluding hydrogens is 831 g/mol. The molecule has 1 nitrogen and oxygen atoms in total. The zero-order valence-electron chi connectivity index (χ0n) is 37.6. The number of rotatable bonds is 5. The van der Waals surface area contributed by atoms with Gasteiger partial charge in [0.05, 0.1) is 0 Å². The second-order valence-electron chi connectivity index (χ2n) is 18.7. The Morgan fingerprint density at radius 3 is 1.00 bits per heavy atom. The van der Waals surface area contributed by atoms with Crippen LogP contribution in [0.25, 0.3) is 130 Å². The summed E-state index contributed by atoms with van der Waals surface area (Å²) < 4.78 is 0. The van der Waals surface area contributed by atoms with Gasteiger partial charge in [0.1, 0.15) is 0 Å². The number of benzene rings is 14. The molecule has 0 aromatic heterocycles. The van der Waals surface area contributed by atoms with Crippen LogP contribution in [0.3, 0.4) is 0 Å². The number of hydrogen-bond donors (Lipinski definition) is 0. The van der Waals surface area contributed by atoms with Crippen LogP contribution < -0.4 is 4.90 Å². The Labute approximate surface area is 398 Å². The van der Waals surface area contributed by atoms with E-state index in [1.807, 2.05) is 0 Å². The highest BCUT2D eigenvalue weighted by molar-refractivity contribution is 6.37. The highest BCUT2D eigenvalue weighted by Gasteiger charge is 2.21. The first-order valence-corrected chi connectivity index (χ1v) is 24.0. The fraction of sp³-hybridized carbons (Fsp3) is 0. The Morgan fingerprint density at radius 1 is 0.188 bits per heavy atom. The van der Waals surface area contributed by atoms with Crippen LogP contribution in [0.15, 0.2) is 249 Å². The maximum absolute atomic E-state index is 2.47. The summed E-state index contributed by atoms with van der Waals surface area (Å²) in [6.07, 6.45) is 0. The van der Waals surface area contributed by atoms with Crippen molar-refractivity contribution in [3.63, 3.8) is 0 Å². The average molecular weight is 872 g/mol. The van der Waals surface area contributed by atoms with Gasteiger partial charge in [-0.2, -0.15) is 0 Å². The minimum Gasteiger partial charge on any atom is -0.310 e. The lowest BCUT2D eigenvalue weighted by Gasteiger charge is -2.27. The number of anilines is 3. The molecule has 0 atom stereocenters. The summed E-state index contributed by atoms with van der Waals surface area (Å²) in [4.78, 5) is 2.46. The fourth-order valence-electron chi connectivity index (χ4n) is 12.0. The van der Waals surface area contributed by atoms with Crippen molar-refractivity contribution < 1.29 is 0 Å². The molecule has 1 heteroatoms. The second kappa shape index (κ2) is 14.7. The van der Waals surface area contributed by atoms with Crippen LogP contribution >= 0.6 is 0 Å². The van der Waals surface area contributed by atoms with Crippen LogP contribution in [0.4, 0.5) is 17.1 Å². The van der Waals surface area contributed by atoms with E-state index in [1.54, 1.807) is 0 Å². The van der Waals surface area contributed by atoms with Crippen LogP contribution in [0.2, 0.25) is 0 Å². The average Bonchev–Trinajstić information content (AvgIpc) is 3.42. The molecule has 0 radical (unpaired) electrons. The molecule has 15 aromatic rings. The molecule has 0 heterocycles. The summed E-state index contributed by atoms with van der Waals surface area (Å²) in [6.45, 7) is 0. The smallest absolute Gasteiger partial charge is 0.0474 e. The summed E-state index contributed by atoms with van der Waals surface area (Å²) >= 11 is 0. The predicted octanol–water partition coefficient (Wildman–Crippen LogP) is 19.5. The Balaban J connectivity index is 0.988. The van der Waals surface area contributed by atoms with Crippen molar-refractivity contribution in [2.45, 2.75) is 0 Å². The van der Waals surface area contributed by atoms with Crippen LogP contribution in [0.5, 0.6) is 0 Å². The van der Waals surface area contributed by atoms with Crippen molar-refractivity contribution in [1.29, 1.82) is 0 Å². The summed E-state index contributed by atoms with van der Waals surface area (Å²) in [6, 6.07) is 93.0. The molecule has 0 aliphatic heterocycles. The van der Waals surface area contributed by atoms with E-state index < -0.39 is 0 Å². The van der Waals surface area contributed by atoms with Gasteiger partial charge in [-0.3, -0.25) is 0 Å². The zero-order valence-corrected chi connectivity index (χ0v) is 37.6. The monoisotopic (exact) mass is 871 g/mol. The van der Waals surface area contributed by atoms with Gasteiger partial charge in [0.25, 0.3) is 0 Å². The van der Waals surface area contributed by atoms with Gasteiger partial charge in [0, 0.05) is 17.1 Å². The van der Waals surface area contributed by atoms with Crippen molar-refractivity contribution in [2.24, 2.45) is 0 Å². The van der Waals surface area contributed by atoms with Gasteiger partial charge in [-0.25, -0.2) is 0 Å². The summed E-state index contributed by atoms with van der Waals surface area (Å²) in [5, 5.41) is 25.4. The summed E-state index contributed by atoms with van der Waals surface area (Å²) in [7, 11) is 0. The van der Waals surface area contributed by atoms with Gasteiger partial charge in [-0.1, -0.05) is 200 Å². The fourth-order valence-corrected chi connectivity index (χ4v) is 12.0. The Morgan fingerprint density at radius 2 is 0.536 bits per heavy atom. The molecule has 0 amide bonds. The van der Waals surface area contributed by atoms with Gasteiger partial charge in [0.15, 0.2) is 0 Å². The highest BCUT2D eigenvalue weighted by Crippen LogP contribution is 2.47. The highest BCUT2D eigenvalue weighted by atomic mass is 15.1. The molecule has 0 aliphatic rings. The molecule has 0 spiro atoms. The van der Waals surface area contributed by atoms with Crippen LogP contribution in [0.1, 0.15) is 0 Å². The minimum absolute atomic E-state index is 1.09. The molecule has 15 rings (SSSR count). The maximum atomic E-state index is 2.47. The molecule has 318 valence electrons. The van der Waals surface area contributed by atoms with Gasteiger partial charge in [0.2, 0.25) is 0 Å². The van der Waals surface area contributed by atoms with E-state index in [2.05, 4.69) is 254 Å². The Bertz CT molecular complexity index is 4410. The van der Waals surface area contributed by atoms with E-state index in [-0.39, 0.29) is 0 Å². The van der Waals surface area contributed by atoms with E-state index in [9.17, 15) is 0 Å². The summed E-state index contributed by atoms with van der Waals surface area (Å²) in [5.41, 5.74) is 8.16. The number of nitrogens with zero attached hydrogens (tertiary/aromatic N) is 1. The number of fused-ring (bicyclic) bond motifs is 8. The molecule has 0 N–H and O–H groups in total. The van der Waals surface area contributed by atoms with Crippen molar-refractivity contribution in [3.8, 4) is 22.3 Å². The van der Waals surface area contributed by atoms with E-state index >= 15 is 0 Å². The molecule has 0 saturated heterocycles. The SMILES string of the molecule is c1ccc2c(c1)cc(-c1ccc(N(c3ccc(-c4cc5ccccc5c5ccccc45)cc3)c3cc4ccc5cccc6c7cccc8ccc9cccc(c(c3)c4c56)c9c87)cc1)c1ccccc12. The van der Waals surface area contributed by atoms with Crippen molar-refractivity contribution in [1.82, 2.24) is 0 Å². The van der Waals surface area contributed by atoms with Crippen LogP contribution in [0, 0.1) is 0 Å². The van der Waals surface area contributed by atoms with Crippen LogP contribution in [-0.2, 0) is 0 Å². The predicted molar refractivity (Wildman–Crippen MR) is 298 cm³/mol. The molecular formula is C68H41N. The van der Waals surface area contributed by atoms with E-state index in [0.717, 1.165) is 17.1 Å². The first-order valence-electron chi connectivity index (χ1n) is 24.0. The minimum atomic E-state index is 1.09.